The third-order valence-electron chi connectivity index (χ3n) is 1.98. The first-order chi connectivity index (χ1) is 7.67. The summed E-state index contributed by atoms with van der Waals surface area (Å²) >= 11 is 0. The molecule has 1 rings (SSSR count). The van der Waals surface area contributed by atoms with Crippen LogP contribution in [0.5, 0.6) is 11.5 Å². The predicted molar refractivity (Wildman–Crippen MR) is 60.1 cm³/mol. The van der Waals surface area contributed by atoms with E-state index in [4.69, 9.17) is 14.6 Å². The molecule has 0 saturated heterocycles. The van der Waals surface area contributed by atoms with Crippen LogP contribution in [-0.2, 0) is 11.2 Å². The Balaban J connectivity index is 2.95. The van der Waals surface area contributed by atoms with Crippen molar-refractivity contribution < 1.29 is 19.4 Å². The Hall–Kier alpha value is -1.71. The molecule has 0 aromatic heterocycles. The lowest BCUT2D eigenvalue weighted by Gasteiger charge is -2.11. The Labute approximate surface area is 94.8 Å². The maximum Gasteiger partial charge on any atom is 0.307 e. The molecular formula is C12H16O4. The predicted octanol–water partition coefficient (Wildman–Crippen LogP) is 2.11. The molecule has 4 nitrogen and oxygen atoms in total. The van der Waals surface area contributed by atoms with E-state index in [0.717, 1.165) is 0 Å². The number of hydrogen-bond acceptors (Lipinski definition) is 3. The third kappa shape index (κ3) is 3.46. The largest absolute Gasteiger partial charge is 0.494 e. The number of hydrogen-bond donors (Lipinski definition) is 1. The number of rotatable bonds is 6. The van der Waals surface area contributed by atoms with Crippen molar-refractivity contribution in [3.63, 3.8) is 0 Å². The number of carbonyl (C=O) groups is 1. The summed E-state index contributed by atoms with van der Waals surface area (Å²) in [5.74, 6) is 0.394. The highest BCUT2D eigenvalue weighted by atomic mass is 16.5. The molecule has 0 aliphatic heterocycles. The van der Waals surface area contributed by atoms with Crippen LogP contribution in [0, 0.1) is 0 Å². The molecule has 16 heavy (non-hydrogen) atoms. The van der Waals surface area contributed by atoms with Gasteiger partial charge in [0.1, 0.15) is 11.5 Å². The van der Waals surface area contributed by atoms with E-state index in [9.17, 15) is 4.79 Å². The quantitative estimate of drug-likeness (QED) is 0.804. The molecule has 0 radical (unpaired) electrons. The van der Waals surface area contributed by atoms with Gasteiger partial charge in [0.25, 0.3) is 0 Å². The minimum absolute atomic E-state index is 0.0593. The zero-order valence-corrected chi connectivity index (χ0v) is 9.53. The van der Waals surface area contributed by atoms with Crippen molar-refractivity contribution in [3.05, 3.63) is 23.8 Å². The lowest BCUT2D eigenvalue weighted by atomic mass is 10.1. The molecule has 0 aliphatic rings. The van der Waals surface area contributed by atoms with E-state index in [0.29, 0.717) is 30.3 Å². The van der Waals surface area contributed by atoms with Crippen molar-refractivity contribution in [2.45, 2.75) is 20.3 Å². The smallest absolute Gasteiger partial charge is 0.307 e. The van der Waals surface area contributed by atoms with Crippen LogP contribution in [0.15, 0.2) is 18.2 Å². The summed E-state index contributed by atoms with van der Waals surface area (Å²) in [6.45, 7) is 4.81. The molecule has 1 aromatic rings. The summed E-state index contributed by atoms with van der Waals surface area (Å²) in [6, 6.07) is 5.23. The van der Waals surface area contributed by atoms with Gasteiger partial charge in [0, 0.05) is 5.56 Å². The van der Waals surface area contributed by atoms with Crippen LogP contribution < -0.4 is 9.47 Å². The summed E-state index contributed by atoms with van der Waals surface area (Å²) < 4.78 is 10.7. The van der Waals surface area contributed by atoms with Crippen molar-refractivity contribution in [2.24, 2.45) is 0 Å². The van der Waals surface area contributed by atoms with Gasteiger partial charge in [-0.25, -0.2) is 0 Å². The number of carboxylic acid groups (broad SMARTS) is 1. The molecule has 0 aliphatic carbocycles. The van der Waals surface area contributed by atoms with Gasteiger partial charge in [-0.05, 0) is 32.0 Å². The van der Waals surface area contributed by atoms with Crippen LogP contribution in [0.4, 0.5) is 0 Å². The van der Waals surface area contributed by atoms with Crippen molar-refractivity contribution in [3.8, 4) is 11.5 Å². The van der Waals surface area contributed by atoms with Crippen LogP contribution in [0.25, 0.3) is 0 Å². The molecule has 0 atom stereocenters. The molecule has 0 bridgehead atoms. The SMILES string of the molecule is CCOc1ccc(OCC)c(CC(=O)O)c1. The Morgan fingerprint density at radius 2 is 1.94 bits per heavy atom. The highest BCUT2D eigenvalue weighted by Crippen LogP contribution is 2.25. The lowest BCUT2D eigenvalue weighted by Crippen LogP contribution is -2.04. The molecule has 0 fully saturated rings. The average Bonchev–Trinajstić information content (AvgIpc) is 2.22. The topological polar surface area (TPSA) is 55.8 Å². The van der Waals surface area contributed by atoms with Gasteiger partial charge in [0.05, 0.1) is 19.6 Å². The maximum atomic E-state index is 10.7. The van der Waals surface area contributed by atoms with Crippen LogP contribution in [-0.4, -0.2) is 24.3 Å². The fourth-order valence-electron chi connectivity index (χ4n) is 1.41. The minimum atomic E-state index is -0.880. The third-order valence-corrected chi connectivity index (χ3v) is 1.98. The first-order valence-electron chi connectivity index (χ1n) is 5.27. The Morgan fingerprint density at radius 3 is 2.50 bits per heavy atom. The van der Waals surface area contributed by atoms with Gasteiger partial charge in [-0.3, -0.25) is 4.79 Å². The molecule has 0 saturated carbocycles. The first kappa shape index (κ1) is 12.4. The molecule has 0 spiro atoms. The van der Waals surface area contributed by atoms with Crippen molar-refractivity contribution >= 4 is 5.97 Å². The normalized spacial score (nSPS) is 9.88. The van der Waals surface area contributed by atoms with E-state index < -0.39 is 5.97 Å². The Kier molecular flexibility index (Phi) is 4.64. The molecule has 1 N–H and O–H groups in total. The Morgan fingerprint density at radius 1 is 1.25 bits per heavy atom. The number of aliphatic carboxylic acids is 1. The highest BCUT2D eigenvalue weighted by Gasteiger charge is 2.09. The van der Waals surface area contributed by atoms with Gasteiger partial charge < -0.3 is 14.6 Å². The second kappa shape index (κ2) is 6.00. The maximum absolute atomic E-state index is 10.7. The van der Waals surface area contributed by atoms with Crippen LogP contribution >= 0.6 is 0 Å². The lowest BCUT2D eigenvalue weighted by molar-refractivity contribution is -0.136. The molecular weight excluding hydrogens is 208 g/mol. The van der Waals surface area contributed by atoms with E-state index in [1.807, 2.05) is 13.8 Å². The number of carboxylic acids is 1. The summed E-state index contributed by atoms with van der Waals surface area (Å²) in [5.41, 5.74) is 0.639. The number of benzene rings is 1. The standard InChI is InChI=1S/C12H16O4/c1-3-15-10-5-6-11(16-4-2)9(7-10)8-12(13)14/h5-7H,3-4,8H2,1-2H3,(H,13,14). The molecule has 0 amide bonds. The fraction of sp³-hybridized carbons (Fsp3) is 0.417. The molecule has 1 aromatic carbocycles. The van der Waals surface area contributed by atoms with Crippen LogP contribution in [0.1, 0.15) is 19.4 Å². The van der Waals surface area contributed by atoms with Gasteiger partial charge in [0.2, 0.25) is 0 Å². The fourth-order valence-corrected chi connectivity index (χ4v) is 1.41. The summed E-state index contributed by atoms with van der Waals surface area (Å²) in [5, 5.41) is 8.78. The Bertz CT molecular complexity index is 360. The summed E-state index contributed by atoms with van der Waals surface area (Å²) in [4.78, 5) is 10.7. The van der Waals surface area contributed by atoms with E-state index in [-0.39, 0.29) is 6.42 Å². The zero-order chi connectivity index (χ0) is 12.0. The first-order valence-corrected chi connectivity index (χ1v) is 5.27. The van der Waals surface area contributed by atoms with Crippen molar-refractivity contribution in [1.82, 2.24) is 0 Å². The van der Waals surface area contributed by atoms with E-state index in [2.05, 4.69) is 0 Å². The minimum Gasteiger partial charge on any atom is -0.494 e. The number of ether oxygens (including phenoxy) is 2. The van der Waals surface area contributed by atoms with Crippen LogP contribution in [0.2, 0.25) is 0 Å². The van der Waals surface area contributed by atoms with Gasteiger partial charge >= 0.3 is 5.97 Å². The van der Waals surface area contributed by atoms with Gasteiger partial charge in [0.15, 0.2) is 0 Å². The van der Waals surface area contributed by atoms with Crippen molar-refractivity contribution in [2.75, 3.05) is 13.2 Å². The summed E-state index contributed by atoms with van der Waals surface area (Å²) in [7, 11) is 0. The van der Waals surface area contributed by atoms with Crippen LogP contribution in [0.3, 0.4) is 0 Å². The molecule has 0 heterocycles. The van der Waals surface area contributed by atoms with Gasteiger partial charge in [-0.15, -0.1) is 0 Å². The van der Waals surface area contributed by atoms with E-state index in [1.54, 1.807) is 18.2 Å². The van der Waals surface area contributed by atoms with Crippen molar-refractivity contribution in [1.29, 1.82) is 0 Å². The molecule has 88 valence electrons. The second-order valence-electron chi connectivity index (χ2n) is 3.21. The van der Waals surface area contributed by atoms with E-state index >= 15 is 0 Å². The molecule has 0 unspecified atom stereocenters. The monoisotopic (exact) mass is 224 g/mol. The van der Waals surface area contributed by atoms with Gasteiger partial charge in [-0.2, -0.15) is 0 Å². The van der Waals surface area contributed by atoms with Gasteiger partial charge in [-0.1, -0.05) is 0 Å². The zero-order valence-electron chi connectivity index (χ0n) is 9.53. The van der Waals surface area contributed by atoms with E-state index in [1.165, 1.54) is 0 Å². The highest BCUT2D eigenvalue weighted by molar-refractivity contribution is 5.71. The molecule has 4 heteroatoms. The summed E-state index contributed by atoms with van der Waals surface area (Å²) in [6.07, 6.45) is -0.0593. The second-order valence-corrected chi connectivity index (χ2v) is 3.21. The average molecular weight is 224 g/mol.